The smallest absolute Gasteiger partial charge is 0.205 e. The number of carbonyl (C=O) groups excluding carboxylic acids is 1. The van der Waals surface area contributed by atoms with Crippen molar-refractivity contribution < 1.29 is 13.2 Å². The van der Waals surface area contributed by atoms with Gasteiger partial charge in [0.05, 0.1) is 27.1 Å². The molecule has 0 saturated heterocycles. The number of ketones is 1. The predicted octanol–water partition coefficient (Wildman–Crippen LogP) is 5.10. The van der Waals surface area contributed by atoms with E-state index in [9.17, 15) is 13.2 Å². The van der Waals surface area contributed by atoms with Gasteiger partial charge in [-0.05, 0) is 31.5 Å². The molecular weight excluding hydrogens is 406 g/mol. The molecule has 1 aliphatic heterocycles. The first-order valence-electron chi connectivity index (χ1n) is 10.2. The normalized spacial score (nSPS) is 20.3. The number of sulfone groups is 1. The molecule has 4 nitrogen and oxygen atoms in total. The Balaban J connectivity index is 1.79. The zero-order valence-electron chi connectivity index (χ0n) is 17.2. The Bertz CT molecular complexity index is 1370. The van der Waals surface area contributed by atoms with E-state index in [-0.39, 0.29) is 15.6 Å². The van der Waals surface area contributed by atoms with Crippen molar-refractivity contribution in [3.8, 4) is 0 Å². The van der Waals surface area contributed by atoms with Gasteiger partial charge >= 0.3 is 0 Å². The van der Waals surface area contributed by atoms with Crippen LogP contribution in [0.15, 0.2) is 99.4 Å². The number of rotatable bonds is 3. The Hall–Kier alpha value is -3.31. The number of aliphatic imine (C=N–C) groups is 1. The molecule has 0 spiro atoms. The van der Waals surface area contributed by atoms with Crippen molar-refractivity contribution in [1.82, 2.24) is 0 Å². The van der Waals surface area contributed by atoms with Crippen molar-refractivity contribution in [3.63, 3.8) is 0 Å². The van der Waals surface area contributed by atoms with Crippen molar-refractivity contribution in [2.24, 2.45) is 10.9 Å². The second-order valence-electron chi connectivity index (χ2n) is 8.04. The average Bonchev–Trinajstić information content (AvgIpc) is 3.06. The largest absolute Gasteiger partial charge is 0.293 e. The van der Waals surface area contributed by atoms with Crippen LogP contribution in [0, 0.1) is 12.8 Å². The molecule has 0 bridgehead atoms. The first-order chi connectivity index (χ1) is 14.9. The lowest BCUT2D eigenvalue weighted by Gasteiger charge is -2.31. The summed E-state index contributed by atoms with van der Waals surface area (Å²) in [5.41, 5.74) is 4.38. The fraction of sp³-hybridized carbons (Fsp3) is 0.154. The topological polar surface area (TPSA) is 63.6 Å². The van der Waals surface area contributed by atoms with E-state index in [4.69, 9.17) is 4.99 Å². The summed E-state index contributed by atoms with van der Waals surface area (Å²) >= 11 is 0. The van der Waals surface area contributed by atoms with Gasteiger partial charge in [0, 0.05) is 17.0 Å². The number of Topliss-reactive ketones (excluding diaryl/α,β-unsaturated/α-hetero) is 1. The van der Waals surface area contributed by atoms with Crippen molar-refractivity contribution >= 4 is 21.3 Å². The van der Waals surface area contributed by atoms with E-state index in [1.54, 1.807) is 43.3 Å². The van der Waals surface area contributed by atoms with Gasteiger partial charge in [0.1, 0.15) is 0 Å². The maximum atomic E-state index is 13.8. The molecule has 2 unspecified atom stereocenters. The van der Waals surface area contributed by atoms with Crippen molar-refractivity contribution in [3.05, 3.63) is 112 Å². The van der Waals surface area contributed by atoms with Gasteiger partial charge in [-0.15, -0.1) is 0 Å². The monoisotopic (exact) mass is 427 g/mol. The standard InChI is InChI=1S/C26H21NO3S/c1-16-12-14-18(15-13-16)22-23-24(20-10-6-7-11-21(20)25(23)28)27-17(2)26(22)31(29,30)19-8-4-3-5-9-19/h3-15,22-23H,1-2H3. The van der Waals surface area contributed by atoms with Crippen LogP contribution in [0.4, 0.5) is 0 Å². The van der Waals surface area contributed by atoms with E-state index in [1.165, 1.54) is 0 Å². The number of hydrogen-bond donors (Lipinski definition) is 0. The fourth-order valence-corrected chi connectivity index (χ4v) is 6.45. The van der Waals surface area contributed by atoms with Crippen LogP contribution in [0.3, 0.4) is 0 Å². The molecule has 31 heavy (non-hydrogen) atoms. The molecule has 0 N–H and O–H groups in total. The van der Waals surface area contributed by atoms with E-state index in [1.807, 2.05) is 49.4 Å². The van der Waals surface area contributed by atoms with Crippen LogP contribution in [-0.4, -0.2) is 19.9 Å². The van der Waals surface area contributed by atoms with Crippen molar-refractivity contribution in [2.75, 3.05) is 0 Å². The van der Waals surface area contributed by atoms with E-state index in [0.717, 1.165) is 16.7 Å². The lowest BCUT2D eigenvalue weighted by atomic mass is 9.80. The molecule has 154 valence electrons. The van der Waals surface area contributed by atoms with Gasteiger partial charge in [0.2, 0.25) is 9.84 Å². The third-order valence-electron chi connectivity index (χ3n) is 6.09. The number of carbonyl (C=O) groups is 1. The van der Waals surface area contributed by atoms with Crippen LogP contribution in [0.1, 0.15) is 39.9 Å². The summed E-state index contributed by atoms with van der Waals surface area (Å²) in [5.74, 6) is -1.36. The van der Waals surface area contributed by atoms with Gasteiger partial charge < -0.3 is 0 Å². The van der Waals surface area contributed by atoms with E-state index < -0.39 is 21.7 Å². The zero-order chi connectivity index (χ0) is 21.8. The number of aryl methyl sites for hydroxylation is 1. The predicted molar refractivity (Wildman–Crippen MR) is 121 cm³/mol. The lowest BCUT2D eigenvalue weighted by Crippen LogP contribution is -2.32. The molecule has 3 aromatic rings. The van der Waals surface area contributed by atoms with E-state index in [0.29, 0.717) is 17.0 Å². The molecule has 0 saturated carbocycles. The first kappa shape index (κ1) is 19.6. The number of benzene rings is 3. The van der Waals surface area contributed by atoms with Gasteiger partial charge in [0.15, 0.2) is 5.78 Å². The number of allylic oxidation sites excluding steroid dienone is 2. The SMILES string of the molecule is CC1=C(S(=O)(=O)c2ccccc2)C(c2ccc(C)cc2)C2C(=O)c3ccccc3C2=N1. The maximum Gasteiger partial charge on any atom is 0.205 e. The van der Waals surface area contributed by atoms with Crippen LogP contribution in [-0.2, 0) is 9.84 Å². The summed E-state index contributed by atoms with van der Waals surface area (Å²) in [6.07, 6.45) is 0. The molecule has 0 amide bonds. The van der Waals surface area contributed by atoms with Crippen molar-refractivity contribution in [2.45, 2.75) is 24.7 Å². The number of nitrogens with zero attached hydrogens (tertiary/aromatic N) is 1. The molecule has 2 aliphatic rings. The summed E-state index contributed by atoms with van der Waals surface area (Å²) < 4.78 is 27.6. The molecule has 1 heterocycles. The zero-order valence-corrected chi connectivity index (χ0v) is 18.1. The van der Waals surface area contributed by atoms with Crippen LogP contribution < -0.4 is 0 Å². The minimum absolute atomic E-state index is 0.0758. The minimum atomic E-state index is -3.85. The van der Waals surface area contributed by atoms with Crippen LogP contribution in [0.5, 0.6) is 0 Å². The summed E-state index contributed by atoms with van der Waals surface area (Å²) in [6.45, 7) is 3.71. The minimum Gasteiger partial charge on any atom is -0.293 e. The highest BCUT2D eigenvalue weighted by Gasteiger charge is 2.49. The maximum absolute atomic E-state index is 13.8. The number of fused-ring (bicyclic) bond motifs is 3. The Labute approximate surface area is 181 Å². The second-order valence-corrected chi connectivity index (χ2v) is 9.96. The third-order valence-corrected chi connectivity index (χ3v) is 8.11. The van der Waals surface area contributed by atoms with Crippen LogP contribution >= 0.6 is 0 Å². The number of hydrogen-bond acceptors (Lipinski definition) is 4. The van der Waals surface area contributed by atoms with E-state index >= 15 is 0 Å². The molecule has 0 radical (unpaired) electrons. The highest BCUT2D eigenvalue weighted by molar-refractivity contribution is 7.95. The first-order valence-corrected chi connectivity index (χ1v) is 11.7. The van der Waals surface area contributed by atoms with Gasteiger partial charge in [0.25, 0.3) is 0 Å². The van der Waals surface area contributed by atoms with Gasteiger partial charge in [-0.1, -0.05) is 72.3 Å². The molecule has 5 rings (SSSR count). The molecule has 3 aromatic carbocycles. The highest BCUT2D eigenvalue weighted by atomic mass is 32.2. The lowest BCUT2D eigenvalue weighted by molar-refractivity contribution is 0.0953. The van der Waals surface area contributed by atoms with E-state index in [2.05, 4.69) is 0 Å². The summed E-state index contributed by atoms with van der Waals surface area (Å²) in [4.78, 5) is 18.6. The average molecular weight is 428 g/mol. The Morgan fingerprint density at radius 2 is 1.35 bits per heavy atom. The quantitative estimate of drug-likeness (QED) is 0.584. The summed E-state index contributed by atoms with van der Waals surface area (Å²) in [7, 11) is -3.85. The second kappa shape index (κ2) is 7.13. The molecular formula is C26H21NO3S. The van der Waals surface area contributed by atoms with Crippen LogP contribution in [0.2, 0.25) is 0 Å². The Morgan fingerprint density at radius 1 is 0.742 bits per heavy atom. The Morgan fingerprint density at radius 3 is 2.03 bits per heavy atom. The Kier molecular flexibility index (Phi) is 4.52. The molecule has 0 fully saturated rings. The molecule has 5 heteroatoms. The van der Waals surface area contributed by atoms with Gasteiger partial charge in [-0.25, -0.2) is 8.42 Å². The molecule has 2 atom stereocenters. The summed E-state index contributed by atoms with van der Waals surface area (Å²) in [5, 5.41) is 0. The fourth-order valence-electron chi connectivity index (χ4n) is 4.64. The van der Waals surface area contributed by atoms with Gasteiger partial charge in [-0.3, -0.25) is 9.79 Å². The third kappa shape index (κ3) is 3.00. The van der Waals surface area contributed by atoms with Crippen molar-refractivity contribution in [1.29, 1.82) is 0 Å². The molecule has 1 aliphatic carbocycles. The highest BCUT2D eigenvalue weighted by Crippen LogP contribution is 2.48. The molecule has 0 aromatic heterocycles. The van der Waals surface area contributed by atoms with Crippen LogP contribution in [0.25, 0.3) is 0 Å². The summed E-state index contributed by atoms with van der Waals surface area (Å²) in [6, 6.07) is 23.5. The van der Waals surface area contributed by atoms with Gasteiger partial charge in [-0.2, -0.15) is 0 Å².